The average molecular weight is 697 g/mol. The summed E-state index contributed by atoms with van der Waals surface area (Å²) < 4.78 is 95.9. The van der Waals surface area contributed by atoms with E-state index in [2.05, 4.69) is 16.0 Å². The number of nitrogens with one attached hydrogen (secondary N) is 4. The molecule has 4 rings (SSSR count). The SMILES string of the molecule is COC(=O)N[C@H](C(=O)Nc1cccc(F)c1CC[C@@H]1CN[C@H](COC(=O)NCC(F)(F)F)CO1)C(c1cccc(F)c1)c1cccc(F)c1. The number of carbonyl (C=O) groups is 3. The zero-order chi connectivity index (χ0) is 35.6. The fourth-order valence-electron chi connectivity index (χ4n) is 5.27. The van der Waals surface area contributed by atoms with Crippen molar-refractivity contribution in [2.75, 3.05) is 38.7 Å². The summed E-state index contributed by atoms with van der Waals surface area (Å²) in [7, 11) is 1.08. The van der Waals surface area contributed by atoms with Gasteiger partial charge in [0.25, 0.3) is 0 Å². The van der Waals surface area contributed by atoms with Crippen molar-refractivity contribution in [3.05, 3.63) is 101 Å². The Kier molecular flexibility index (Phi) is 12.8. The van der Waals surface area contributed by atoms with E-state index in [1.807, 2.05) is 0 Å². The van der Waals surface area contributed by atoms with E-state index in [-0.39, 0.29) is 55.0 Å². The van der Waals surface area contributed by atoms with Crippen LogP contribution in [-0.2, 0) is 25.4 Å². The van der Waals surface area contributed by atoms with Crippen LogP contribution in [0.25, 0.3) is 0 Å². The molecule has 0 saturated carbocycles. The Balaban J connectivity index is 1.45. The summed E-state index contributed by atoms with van der Waals surface area (Å²) in [6, 6.07) is 12.6. The van der Waals surface area contributed by atoms with Crippen molar-refractivity contribution < 1.29 is 54.9 Å². The molecule has 0 radical (unpaired) electrons. The number of halogens is 6. The highest BCUT2D eigenvalue weighted by Gasteiger charge is 2.34. The second kappa shape index (κ2) is 17.0. The molecule has 1 aliphatic heterocycles. The van der Waals surface area contributed by atoms with Crippen LogP contribution in [0.1, 0.15) is 29.0 Å². The third-order valence-electron chi connectivity index (χ3n) is 7.60. The van der Waals surface area contributed by atoms with E-state index in [1.54, 1.807) is 5.32 Å². The zero-order valence-corrected chi connectivity index (χ0v) is 26.1. The van der Waals surface area contributed by atoms with Gasteiger partial charge in [-0.1, -0.05) is 30.3 Å². The summed E-state index contributed by atoms with van der Waals surface area (Å²) in [5.74, 6) is -3.83. The topological polar surface area (TPSA) is 127 Å². The molecule has 4 N–H and O–H groups in total. The molecule has 16 heteroatoms. The number of morpholine rings is 1. The molecule has 3 amide bonds. The Morgan fingerprint density at radius 1 is 0.959 bits per heavy atom. The number of alkyl halides is 3. The Bertz CT molecular complexity index is 1560. The number of amides is 3. The van der Waals surface area contributed by atoms with Gasteiger partial charge < -0.3 is 35.5 Å². The van der Waals surface area contributed by atoms with Crippen LogP contribution in [0.4, 0.5) is 41.6 Å². The lowest BCUT2D eigenvalue weighted by Crippen LogP contribution is -2.49. The molecule has 49 heavy (non-hydrogen) atoms. The van der Waals surface area contributed by atoms with E-state index >= 15 is 4.39 Å². The van der Waals surface area contributed by atoms with Gasteiger partial charge in [0.15, 0.2) is 0 Å². The van der Waals surface area contributed by atoms with E-state index in [1.165, 1.54) is 54.6 Å². The van der Waals surface area contributed by atoms with Crippen LogP contribution >= 0.6 is 0 Å². The van der Waals surface area contributed by atoms with E-state index in [0.29, 0.717) is 0 Å². The largest absolute Gasteiger partial charge is 0.453 e. The fourth-order valence-corrected chi connectivity index (χ4v) is 5.27. The number of anilines is 1. The van der Waals surface area contributed by atoms with Crippen molar-refractivity contribution in [1.82, 2.24) is 16.0 Å². The fraction of sp³-hybridized carbons (Fsp3) is 0.364. The normalized spacial score (nSPS) is 16.8. The molecule has 0 spiro atoms. The second-order valence-corrected chi connectivity index (χ2v) is 11.1. The van der Waals surface area contributed by atoms with E-state index in [0.717, 1.165) is 19.2 Å². The average Bonchev–Trinajstić information content (AvgIpc) is 3.06. The number of rotatable bonds is 12. The molecule has 3 aromatic rings. The quantitative estimate of drug-likeness (QED) is 0.193. The van der Waals surface area contributed by atoms with E-state index < -0.39 is 72.4 Å². The predicted octanol–water partition coefficient (Wildman–Crippen LogP) is 5.18. The molecule has 1 heterocycles. The van der Waals surface area contributed by atoms with Crippen LogP contribution in [-0.4, -0.2) is 75.9 Å². The van der Waals surface area contributed by atoms with Crippen LogP contribution in [0.3, 0.4) is 0 Å². The molecular weight excluding hydrogens is 662 g/mol. The second-order valence-electron chi connectivity index (χ2n) is 11.1. The Labute approximate surface area is 277 Å². The smallest absolute Gasteiger partial charge is 0.407 e. The van der Waals surface area contributed by atoms with Crippen LogP contribution in [0.15, 0.2) is 66.7 Å². The summed E-state index contributed by atoms with van der Waals surface area (Å²) in [6.07, 6.45) is -6.87. The van der Waals surface area contributed by atoms with Crippen molar-refractivity contribution in [2.24, 2.45) is 0 Å². The summed E-state index contributed by atoms with van der Waals surface area (Å²) in [5.41, 5.74) is 0.693. The van der Waals surface area contributed by atoms with E-state index in [4.69, 9.17) is 14.2 Å². The lowest BCUT2D eigenvalue weighted by molar-refractivity contribution is -0.124. The van der Waals surface area contributed by atoms with Gasteiger partial charge in [-0.15, -0.1) is 0 Å². The molecule has 1 aliphatic rings. The maximum Gasteiger partial charge on any atom is 0.407 e. The van der Waals surface area contributed by atoms with Gasteiger partial charge in [0.1, 0.15) is 36.6 Å². The van der Waals surface area contributed by atoms with Gasteiger partial charge in [-0.2, -0.15) is 13.2 Å². The Morgan fingerprint density at radius 3 is 2.18 bits per heavy atom. The maximum absolute atomic E-state index is 15.2. The van der Waals surface area contributed by atoms with Crippen molar-refractivity contribution in [3.8, 4) is 0 Å². The van der Waals surface area contributed by atoms with E-state index in [9.17, 15) is 36.3 Å². The number of hydrogen-bond donors (Lipinski definition) is 4. The van der Waals surface area contributed by atoms with Crippen LogP contribution < -0.4 is 21.3 Å². The van der Waals surface area contributed by atoms with Gasteiger partial charge in [-0.05, 0) is 60.4 Å². The highest BCUT2D eigenvalue weighted by Crippen LogP contribution is 2.31. The minimum atomic E-state index is -4.57. The lowest BCUT2D eigenvalue weighted by Gasteiger charge is -2.30. The van der Waals surface area contributed by atoms with Gasteiger partial charge in [0, 0.05) is 23.7 Å². The first-order chi connectivity index (χ1) is 23.3. The molecule has 0 aromatic heterocycles. The molecule has 264 valence electrons. The summed E-state index contributed by atoms with van der Waals surface area (Å²) in [6.45, 7) is -1.46. The van der Waals surface area contributed by atoms with Gasteiger partial charge >= 0.3 is 18.4 Å². The molecule has 0 bridgehead atoms. The van der Waals surface area contributed by atoms with Crippen molar-refractivity contribution in [2.45, 2.75) is 43.1 Å². The number of ether oxygens (including phenoxy) is 3. The minimum absolute atomic E-state index is 0.0561. The molecule has 10 nitrogen and oxygen atoms in total. The van der Waals surface area contributed by atoms with Crippen molar-refractivity contribution in [3.63, 3.8) is 0 Å². The van der Waals surface area contributed by atoms with Gasteiger partial charge in [-0.25, -0.2) is 22.8 Å². The number of carbonyl (C=O) groups excluding carboxylic acids is 3. The van der Waals surface area contributed by atoms with Crippen LogP contribution in [0, 0.1) is 17.5 Å². The maximum atomic E-state index is 15.2. The third kappa shape index (κ3) is 11.1. The molecule has 3 aromatic carbocycles. The van der Waals surface area contributed by atoms with Crippen molar-refractivity contribution >= 4 is 23.8 Å². The predicted molar refractivity (Wildman–Crippen MR) is 164 cm³/mol. The van der Waals surface area contributed by atoms with Crippen molar-refractivity contribution in [1.29, 1.82) is 0 Å². The monoisotopic (exact) mass is 696 g/mol. The van der Waals surface area contributed by atoms with Crippen LogP contribution in [0.5, 0.6) is 0 Å². The highest BCUT2D eigenvalue weighted by molar-refractivity contribution is 5.98. The van der Waals surface area contributed by atoms with Gasteiger partial charge in [0.2, 0.25) is 5.91 Å². The third-order valence-corrected chi connectivity index (χ3v) is 7.60. The Morgan fingerprint density at radius 2 is 1.61 bits per heavy atom. The summed E-state index contributed by atoms with van der Waals surface area (Å²) >= 11 is 0. The van der Waals surface area contributed by atoms with Crippen LogP contribution in [0.2, 0.25) is 0 Å². The summed E-state index contributed by atoms with van der Waals surface area (Å²) in [5, 5.41) is 9.77. The van der Waals surface area contributed by atoms with Gasteiger partial charge in [0.05, 0.1) is 25.9 Å². The first-order valence-electron chi connectivity index (χ1n) is 15.1. The molecule has 1 fully saturated rings. The number of benzene rings is 3. The lowest BCUT2D eigenvalue weighted by atomic mass is 9.84. The number of methoxy groups -OCH3 is 1. The molecule has 1 saturated heterocycles. The molecular formula is C33H34F6N4O6. The zero-order valence-electron chi connectivity index (χ0n) is 26.1. The highest BCUT2D eigenvalue weighted by atomic mass is 19.4. The molecule has 0 unspecified atom stereocenters. The molecule has 0 aliphatic carbocycles. The number of alkyl carbamates (subject to hydrolysis) is 2. The first-order valence-corrected chi connectivity index (χ1v) is 15.1. The first kappa shape index (κ1) is 37.0. The Hall–Kier alpha value is -4.83. The minimum Gasteiger partial charge on any atom is -0.453 e. The molecule has 3 atom stereocenters. The number of hydrogen-bond acceptors (Lipinski definition) is 7. The van der Waals surface area contributed by atoms with Gasteiger partial charge in [-0.3, -0.25) is 4.79 Å². The standard InChI is InChI=1S/C33H34F6N4O6/c1-47-32(46)43-29(28(19-5-2-7-21(34)13-19)20-6-3-8-22(35)14-20)30(44)42-27-10-4-9-26(36)25(27)12-11-24-15-40-23(16-48-24)17-49-31(45)41-18-33(37,38)39/h2-10,13-14,23-24,28-29,40H,11-12,15-18H2,1H3,(H,41,45)(H,42,44)(H,43,46)/t23-,24+,29-/m0/s1. The summed E-state index contributed by atoms with van der Waals surface area (Å²) in [4.78, 5) is 37.8.